The molecule has 98 valence electrons. The second kappa shape index (κ2) is 4.41. The van der Waals surface area contributed by atoms with Crippen LogP contribution in [0.5, 0.6) is 11.5 Å². The van der Waals surface area contributed by atoms with Crippen molar-refractivity contribution in [1.29, 1.82) is 0 Å². The lowest BCUT2D eigenvalue weighted by Gasteiger charge is -2.08. The zero-order valence-electron chi connectivity index (χ0n) is 8.96. The zero-order valence-corrected chi connectivity index (χ0v) is 9.78. The molecule has 1 aliphatic rings. The van der Waals surface area contributed by atoms with Crippen molar-refractivity contribution in [3.8, 4) is 11.5 Å². The molecule has 9 heteroatoms. The van der Waals surface area contributed by atoms with Crippen LogP contribution in [0.1, 0.15) is 6.42 Å². The fraction of sp³-hybridized carbons (Fsp3) is 0.333. The van der Waals surface area contributed by atoms with Crippen LogP contribution in [-0.4, -0.2) is 26.6 Å². The van der Waals surface area contributed by atoms with Crippen LogP contribution < -0.4 is 9.47 Å². The monoisotopic (exact) mass is 277 g/mol. The number of nitrogens with zero attached hydrogens (tertiary/aromatic N) is 1. The van der Waals surface area contributed by atoms with Gasteiger partial charge in [0.25, 0.3) is 5.69 Å². The number of halogens is 1. The van der Waals surface area contributed by atoms with Gasteiger partial charge in [-0.05, 0) is 0 Å². The van der Waals surface area contributed by atoms with Crippen LogP contribution in [0, 0.1) is 10.1 Å². The van der Waals surface area contributed by atoms with Crippen molar-refractivity contribution in [2.75, 3.05) is 13.2 Å². The molecule has 0 N–H and O–H groups in total. The molecule has 7 nitrogen and oxygen atoms in total. The molecule has 0 fully saturated rings. The summed E-state index contributed by atoms with van der Waals surface area (Å²) in [7, 11) is -5.20. The molecule has 0 unspecified atom stereocenters. The third kappa shape index (κ3) is 2.35. The molecule has 0 amide bonds. The Hall–Kier alpha value is -1.90. The highest BCUT2D eigenvalue weighted by Gasteiger charge is 2.29. The molecule has 2 rings (SSSR count). The van der Waals surface area contributed by atoms with E-state index in [0.717, 1.165) is 12.1 Å². The predicted octanol–water partition coefficient (Wildman–Crippen LogP) is 1.41. The Morgan fingerprint density at radius 3 is 2.28 bits per heavy atom. The summed E-state index contributed by atoms with van der Waals surface area (Å²) >= 11 is 0. The Morgan fingerprint density at radius 1 is 1.22 bits per heavy atom. The van der Waals surface area contributed by atoms with Gasteiger partial charge in [0, 0.05) is 12.5 Å². The molecule has 0 aliphatic carbocycles. The molecule has 0 bridgehead atoms. The van der Waals surface area contributed by atoms with E-state index in [1.807, 2.05) is 0 Å². The van der Waals surface area contributed by atoms with Crippen molar-refractivity contribution >= 4 is 15.9 Å². The standard InChI is InChI=1S/C9H8FNO6S/c10-18(14,15)9-5-8-7(4-6(9)11(12)13)16-2-1-3-17-8/h4-5H,1-3H2. The van der Waals surface area contributed by atoms with Crippen molar-refractivity contribution < 1.29 is 26.7 Å². The van der Waals surface area contributed by atoms with E-state index < -0.39 is 25.7 Å². The molecule has 1 aromatic carbocycles. The Bertz CT molecular complexity index is 599. The van der Waals surface area contributed by atoms with Gasteiger partial charge in [0.15, 0.2) is 16.4 Å². The second-order valence-corrected chi connectivity index (χ2v) is 4.83. The third-order valence-corrected chi connectivity index (χ3v) is 3.14. The maximum atomic E-state index is 13.0. The van der Waals surface area contributed by atoms with E-state index >= 15 is 0 Å². The van der Waals surface area contributed by atoms with E-state index in [1.54, 1.807) is 0 Å². The molecular formula is C9H8FNO6S. The number of fused-ring (bicyclic) bond motifs is 1. The van der Waals surface area contributed by atoms with Crippen molar-refractivity contribution in [1.82, 2.24) is 0 Å². The second-order valence-electron chi connectivity index (χ2n) is 3.51. The SMILES string of the molecule is O=[N+]([O-])c1cc2c(cc1S(=O)(=O)F)OCCCO2. The molecule has 0 spiro atoms. The Morgan fingerprint density at radius 2 is 1.78 bits per heavy atom. The van der Waals surface area contributed by atoms with Gasteiger partial charge in [-0.1, -0.05) is 0 Å². The molecule has 0 radical (unpaired) electrons. The smallest absolute Gasteiger partial charge is 0.339 e. The Kier molecular flexibility index (Phi) is 3.07. The molecule has 18 heavy (non-hydrogen) atoms. The molecule has 1 heterocycles. The summed E-state index contributed by atoms with van der Waals surface area (Å²) in [6.45, 7) is 0.544. The summed E-state index contributed by atoms with van der Waals surface area (Å²) < 4.78 is 45.0. The number of nitro groups is 1. The highest BCUT2D eigenvalue weighted by molar-refractivity contribution is 7.86. The van der Waals surface area contributed by atoms with Gasteiger partial charge in [0.05, 0.1) is 24.2 Å². The number of ether oxygens (including phenoxy) is 2. The Balaban J connectivity index is 2.66. The fourth-order valence-electron chi connectivity index (χ4n) is 1.52. The number of hydrogen-bond acceptors (Lipinski definition) is 6. The maximum Gasteiger partial charge on any atom is 0.339 e. The van der Waals surface area contributed by atoms with Crippen LogP contribution in [0.2, 0.25) is 0 Å². The van der Waals surface area contributed by atoms with Crippen molar-refractivity contribution in [3.05, 3.63) is 22.2 Å². The normalized spacial score (nSPS) is 14.9. The van der Waals surface area contributed by atoms with E-state index in [0.29, 0.717) is 6.42 Å². The molecule has 0 atom stereocenters. The summed E-state index contributed by atoms with van der Waals surface area (Å²) in [5.41, 5.74) is -0.873. The van der Waals surface area contributed by atoms with Crippen LogP contribution in [0.3, 0.4) is 0 Å². The molecular weight excluding hydrogens is 269 g/mol. The van der Waals surface area contributed by atoms with Crippen LogP contribution >= 0.6 is 0 Å². The minimum Gasteiger partial charge on any atom is -0.490 e. The molecule has 0 saturated heterocycles. The third-order valence-electron chi connectivity index (χ3n) is 2.29. The van der Waals surface area contributed by atoms with Crippen LogP contribution in [0.15, 0.2) is 17.0 Å². The first-order chi connectivity index (χ1) is 8.39. The number of benzene rings is 1. The largest absolute Gasteiger partial charge is 0.490 e. The van der Waals surface area contributed by atoms with Gasteiger partial charge in [-0.25, -0.2) is 0 Å². The maximum absolute atomic E-state index is 13.0. The Labute approximate surface area is 101 Å². The average molecular weight is 277 g/mol. The lowest BCUT2D eigenvalue weighted by Crippen LogP contribution is -2.02. The van der Waals surface area contributed by atoms with Gasteiger partial charge in [-0.3, -0.25) is 10.1 Å². The summed E-state index contributed by atoms with van der Waals surface area (Å²) in [6.07, 6.45) is 0.542. The molecule has 1 aromatic rings. The van der Waals surface area contributed by atoms with E-state index in [9.17, 15) is 22.4 Å². The lowest BCUT2D eigenvalue weighted by atomic mass is 10.3. The lowest BCUT2D eigenvalue weighted by molar-refractivity contribution is -0.388. The van der Waals surface area contributed by atoms with E-state index in [2.05, 4.69) is 0 Å². The van der Waals surface area contributed by atoms with Gasteiger partial charge in [-0.15, -0.1) is 3.89 Å². The average Bonchev–Trinajstić information content (AvgIpc) is 2.50. The van der Waals surface area contributed by atoms with Crippen molar-refractivity contribution in [2.24, 2.45) is 0 Å². The molecule has 1 aliphatic heterocycles. The molecule has 0 saturated carbocycles. The van der Waals surface area contributed by atoms with Crippen LogP contribution in [-0.2, 0) is 10.2 Å². The van der Waals surface area contributed by atoms with E-state index in [-0.39, 0.29) is 24.7 Å². The first-order valence-electron chi connectivity index (χ1n) is 4.92. The van der Waals surface area contributed by atoms with Gasteiger partial charge >= 0.3 is 10.2 Å². The van der Waals surface area contributed by atoms with Crippen LogP contribution in [0.25, 0.3) is 0 Å². The minimum absolute atomic E-state index is 0.0191. The predicted molar refractivity (Wildman–Crippen MR) is 57.0 cm³/mol. The van der Waals surface area contributed by atoms with Crippen molar-refractivity contribution in [2.45, 2.75) is 11.3 Å². The fourth-order valence-corrected chi connectivity index (χ4v) is 2.15. The zero-order chi connectivity index (χ0) is 13.3. The highest BCUT2D eigenvalue weighted by atomic mass is 32.3. The summed E-state index contributed by atoms with van der Waals surface area (Å²) in [6, 6.07) is 1.63. The minimum atomic E-state index is -5.20. The van der Waals surface area contributed by atoms with Crippen LogP contribution in [0.4, 0.5) is 9.57 Å². The summed E-state index contributed by atoms with van der Waals surface area (Å²) in [4.78, 5) is 8.70. The number of hydrogen-bond donors (Lipinski definition) is 0. The van der Waals surface area contributed by atoms with Crippen molar-refractivity contribution in [3.63, 3.8) is 0 Å². The van der Waals surface area contributed by atoms with Gasteiger partial charge in [0.2, 0.25) is 0 Å². The molecule has 0 aromatic heterocycles. The van der Waals surface area contributed by atoms with Gasteiger partial charge < -0.3 is 9.47 Å². The summed E-state index contributed by atoms with van der Waals surface area (Å²) in [5.74, 6) is 0.0147. The van der Waals surface area contributed by atoms with E-state index in [1.165, 1.54) is 0 Å². The van der Waals surface area contributed by atoms with Gasteiger partial charge in [0.1, 0.15) is 0 Å². The summed E-state index contributed by atoms with van der Waals surface area (Å²) in [5, 5.41) is 10.7. The quantitative estimate of drug-likeness (QED) is 0.460. The number of rotatable bonds is 2. The first-order valence-corrected chi connectivity index (χ1v) is 6.30. The highest BCUT2D eigenvalue weighted by Crippen LogP contribution is 2.38. The van der Waals surface area contributed by atoms with E-state index in [4.69, 9.17) is 9.47 Å². The first kappa shape index (κ1) is 12.6. The van der Waals surface area contributed by atoms with Gasteiger partial charge in [-0.2, -0.15) is 8.42 Å². The topological polar surface area (TPSA) is 95.7 Å². The number of nitro benzene ring substituents is 1.